The molecule has 0 bridgehead atoms. The van der Waals surface area contributed by atoms with Gasteiger partial charge in [0.2, 0.25) is 5.95 Å². The van der Waals surface area contributed by atoms with Crippen LogP contribution in [0.25, 0.3) is 11.2 Å². The third kappa shape index (κ3) is 7.09. The van der Waals surface area contributed by atoms with Crippen LogP contribution in [0.2, 0.25) is 0 Å². The summed E-state index contributed by atoms with van der Waals surface area (Å²) in [5, 5.41) is 6.10. The molecule has 2 fully saturated rings. The molecule has 2 saturated heterocycles. The summed E-state index contributed by atoms with van der Waals surface area (Å²) in [5.41, 5.74) is 6.14. The van der Waals surface area contributed by atoms with Gasteiger partial charge in [0.25, 0.3) is 35.1 Å². The molecular weight excluding hydrogens is 610 g/mol. The summed E-state index contributed by atoms with van der Waals surface area (Å²) in [4.78, 5) is 122. The number of aromatic amines is 1. The Morgan fingerprint density at radius 3 is 2.13 bits per heavy atom. The highest BCUT2D eigenvalue weighted by Crippen LogP contribution is 2.17. The van der Waals surface area contributed by atoms with E-state index < -0.39 is 65.9 Å². The Kier molecular flexibility index (Phi) is 8.91. The standard InChI is InChI=1S/C27H25N9O10/c28-27-33-23-22(25(43)34-27)31-15(12-30-23)11-29-14-3-1-13(2-4-14)24(42)32-16(26(44)46-36-19(39)8-9-20(36)40)5-10-21(41)45-35-17(37)6-7-18(35)38/h1-4,12,16,29H,5-11H2,(H,32,42)(H3,28,30,33,34,43). The van der Waals surface area contributed by atoms with E-state index in [1.54, 1.807) is 12.1 Å². The lowest BCUT2D eigenvalue weighted by Crippen LogP contribution is -2.45. The first-order chi connectivity index (χ1) is 22.0. The molecule has 2 aliphatic heterocycles. The van der Waals surface area contributed by atoms with Gasteiger partial charge in [-0.2, -0.15) is 4.98 Å². The van der Waals surface area contributed by atoms with E-state index in [-0.39, 0.29) is 54.9 Å². The molecule has 2 aromatic heterocycles. The molecule has 1 unspecified atom stereocenters. The van der Waals surface area contributed by atoms with Crippen LogP contribution in [0.1, 0.15) is 54.6 Å². The lowest BCUT2D eigenvalue weighted by atomic mass is 10.1. The van der Waals surface area contributed by atoms with Crippen molar-refractivity contribution in [1.82, 2.24) is 35.4 Å². The van der Waals surface area contributed by atoms with E-state index in [1.807, 2.05) is 0 Å². The SMILES string of the molecule is Nc1nc2ncc(CNc3ccc(C(=O)NC(CCC(=O)ON4C(=O)CCC4=O)C(=O)ON4C(=O)CCC4=O)cc3)nc2c(=O)[nH]1. The van der Waals surface area contributed by atoms with Crippen LogP contribution in [-0.4, -0.2) is 77.6 Å². The highest BCUT2D eigenvalue weighted by molar-refractivity contribution is 6.03. The maximum absolute atomic E-state index is 13.0. The minimum atomic E-state index is -1.54. The Morgan fingerprint density at radius 1 is 0.891 bits per heavy atom. The van der Waals surface area contributed by atoms with Gasteiger partial charge in [-0.1, -0.05) is 0 Å². The number of imide groups is 2. The fourth-order valence-electron chi connectivity index (χ4n) is 4.36. The fraction of sp³-hybridized carbons (Fsp3) is 0.296. The van der Waals surface area contributed by atoms with Crippen molar-refractivity contribution in [2.45, 2.75) is 51.1 Å². The first-order valence-corrected chi connectivity index (χ1v) is 13.8. The van der Waals surface area contributed by atoms with Gasteiger partial charge in [0.1, 0.15) is 6.04 Å². The number of H-pyrrole nitrogens is 1. The summed E-state index contributed by atoms with van der Waals surface area (Å²) in [6.07, 6.45) is -0.104. The van der Waals surface area contributed by atoms with Gasteiger partial charge in [0.15, 0.2) is 11.2 Å². The number of carbonyl (C=O) groups excluding carboxylic acids is 7. The largest absolute Gasteiger partial charge is 0.379 e. The van der Waals surface area contributed by atoms with Crippen molar-refractivity contribution >= 4 is 64.3 Å². The third-order valence-electron chi connectivity index (χ3n) is 6.72. The first-order valence-electron chi connectivity index (χ1n) is 13.8. The Morgan fingerprint density at radius 2 is 1.50 bits per heavy atom. The van der Waals surface area contributed by atoms with E-state index in [9.17, 15) is 38.4 Å². The fourth-order valence-corrected chi connectivity index (χ4v) is 4.36. The maximum Gasteiger partial charge on any atom is 0.355 e. The molecule has 5 N–H and O–H groups in total. The summed E-state index contributed by atoms with van der Waals surface area (Å²) in [7, 11) is 0. The molecular formula is C27H25N9O10. The van der Waals surface area contributed by atoms with Crippen LogP contribution in [-0.2, 0) is 45.0 Å². The molecule has 0 aliphatic carbocycles. The van der Waals surface area contributed by atoms with E-state index in [4.69, 9.17) is 15.4 Å². The Labute approximate surface area is 257 Å². The minimum absolute atomic E-state index is 0.0124. The van der Waals surface area contributed by atoms with E-state index in [0.29, 0.717) is 21.5 Å². The van der Waals surface area contributed by atoms with Crippen LogP contribution >= 0.6 is 0 Å². The topological polar surface area (TPSA) is 266 Å². The number of amides is 5. The third-order valence-corrected chi connectivity index (χ3v) is 6.72. The van der Waals surface area contributed by atoms with Gasteiger partial charge < -0.3 is 26.0 Å². The van der Waals surface area contributed by atoms with E-state index in [1.165, 1.54) is 18.3 Å². The molecule has 5 rings (SSSR count). The van der Waals surface area contributed by atoms with Crippen molar-refractivity contribution in [2.24, 2.45) is 0 Å². The molecule has 1 atom stereocenters. The predicted octanol–water partition coefficient (Wildman–Crippen LogP) is -1.000. The molecule has 3 aromatic rings. The second-order valence-corrected chi connectivity index (χ2v) is 10.0. The van der Waals surface area contributed by atoms with Crippen molar-refractivity contribution in [1.29, 1.82) is 0 Å². The number of anilines is 2. The summed E-state index contributed by atoms with van der Waals surface area (Å²) in [5.74, 6) is -6.00. The van der Waals surface area contributed by atoms with Gasteiger partial charge in [0.05, 0.1) is 24.9 Å². The first kappa shape index (κ1) is 31.2. The zero-order chi connectivity index (χ0) is 33.0. The van der Waals surface area contributed by atoms with Gasteiger partial charge in [-0.25, -0.2) is 19.6 Å². The number of carbonyl (C=O) groups is 7. The molecule has 238 valence electrons. The van der Waals surface area contributed by atoms with E-state index >= 15 is 0 Å². The zero-order valence-electron chi connectivity index (χ0n) is 23.8. The highest BCUT2D eigenvalue weighted by atomic mass is 16.7. The number of benzene rings is 1. The number of hydrogen-bond acceptors (Lipinski definition) is 15. The van der Waals surface area contributed by atoms with Gasteiger partial charge in [0, 0.05) is 36.9 Å². The van der Waals surface area contributed by atoms with E-state index in [0.717, 1.165) is 0 Å². The normalized spacial score (nSPS) is 15.3. The molecule has 0 radical (unpaired) electrons. The number of fused-ring (bicyclic) bond motifs is 1. The molecule has 46 heavy (non-hydrogen) atoms. The molecule has 19 heteroatoms. The number of nitrogens with two attached hydrogens (primary N) is 1. The second kappa shape index (κ2) is 13.2. The number of nitrogens with zero attached hydrogens (tertiary/aromatic N) is 5. The number of nitrogen functional groups attached to an aromatic ring is 1. The second-order valence-electron chi connectivity index (χ2n) is 10.0. The molecule has 1 aromatic carbocycles. The van der Waals surface area contributed by atoms with Crippen molar-refractivity contribution < 1.29 is 43.2 Å². The van der Waals surface area contributed by atoms with Crippen molar-refractivity contribution in [3.8, 4) is 0 Å². The lowest BCUT2D eigenvalue weighted by Gasteiger charge is -2.20. The van der Waals surface area contributed by atoms with Crippen LogP contribution in [0.15, 0.2) is 35.3 Å². The van der Waals surface area contributed by atoms with Crippen LogP contribution < -0.4 is 21.9 Å². The number of aromatic nitrogens is 4. The number of hydrogen-bond donors (Lipinski definition) is 4. The molecule has 4 heterocycles. The number of rotatable bonds is 11. The molecule has 5 amide bonds. The summed E-state index contributed by atoms with van der Waals surface area (Å²) in [6.45, 7) is 0.158. The Balaban J connectivity index is 1.22. The van der Waals surface area contributed by atoms with Gasteiger partial charge in [-0.15, -0.1) is 10.1 Å². The summed E-state index contributed by atoms with van der Waals surface area (Å²) in [6, 6.07) is 4.42. The zero-order valence-corrected chi connectivity index (χ0v) is 23.8. The number of nitrogens with one attached hydrogen (secondary N) is 3. The maximum atomic E-state index is 13.0. The monoisotopic (exact) mass is 635 g/mol. The average molecular weight is 636 g/mol. The highest BCUT2D eigenvalue weighted by Gasteiger charge is 2.36. The van der Waals surface area contributed by atoms with Crippen molar-refractivity contribution in [2.75, 3.05) is 11.1 Å². The van der Waals surface area contributed by atoms with Crippen molar-refractivity contribution in [3.05, 3.63) is 52.1 Å². The van der Waals surface area contributed by atoms with Gasteiger partial charge >= 0.3 is 11.9 Å². The quantitative estimate of drug-likeness (QED) is 0.184. The van der Waals surface area contributed by atoms with Gasteiger partial charge in [-0.05, 0) is 30.7 Å². The predicted molar refractivity (Wildman–Crippen MR) is 151 cm³/mol. The average Bonchev–Trinajstić information content (AvgIpc) is 3.52. The molecule has 0 saturated carbocycles. The summed E-state index contributed by atoms with van der Waals surface area (Å²) < 4.78 is 0. The van der Waals surface area contributed by atoms with Crippen LogP contribution in [0.5, 0.6) is 0 Å². The van der Waals surface area contributed by atoms with Gasteiger partial charge in [-0.3, -0.25) is 33.8 Å². The summed E-state index contributed by atoms with van der Waals surface area (Å²) >= 11 is 0. The Hall–Kier alpha value is -6.27. The van der Waals surface area contributed by atoms with Crippen LogP contribution in [0.4, 0.5) is 11.6 Å². The Bertz CT molecular complexity index is 1790. The smallest absolute Gasteiger partial charge is 0.355 e. The molecule has 19 nitrogen and oxygen atoms in total. The molecule has 0 spiro atoms. The lowest BCUT2D eigenvalue weighted by molar-refractivity contribution is -0.200. The minimum Gasteiger partial charge on any atom is -0.379 e. The number of hydroxylamine groups is 4. The van der Waals surface area contributed by atoms with E-state index in [2.05, 4.69) is 30.6 Å². The van der Waals surface area contributed by atoms with Crippen molar-refractivity contribution in [3.63, 3.8) is 0 Å². The molecule has 2 aliphatic rings. The van der Waals surface area contributed by atoms with Crippen LogP contribution in [0.3, 0.4) is 0 Å². The van der Waals surface area contributed by atoms with Crippen LogP contribution in [0, 0.1) is 0 Å².